The molecule has 7 nitrogen and oxygen atoms in total. The molecule has 9 heteroatoms. The highest BCUT2D eigenvalue weighted by molar-refractivity contribution is 14.0. The predicted molar refractivity (Wildman–Crippen MR) is 113 cm³/mol. The van der Waals surface area contributed by atoms with E-state index in [1.54, 1.807) is 4.31 Å². The third-order valence-corrected chi connectivity index (χ3v) is 5.68. The lowest BCUT2D eigenvalue weighted by atomic mass is 10.2. The fourth-order valence-corrected chi connectivity index (χ4v) is 4.24. The lowest BCUT2D eigenvalue weighted by molar-refractivity contribution is 0.393. The minimum atomic E-state index is -3.15. The lowest BCUT2D eigenvalue weighted by Gasteiger charge is -2.24. The van der Waals surface area contributed by atoms with Gasteiger partial charge in [-0.15, -0.1) is 24.0 Å². The van der Waals surface area contributed by atoms with Crippen molar-refractivity contribution in [1.29, 1.82) is 0 Å². The number of aliphatic imine (C=N–C) groups is 1. The van der Waals surface area contributed by atoms with Crippen LogP contribution in [0.3, 0.4) is 0 Å². The minimum absolute atomic E-state index is 0. The molecule has 0 amide bonds. The number of halogens is 1. The smallest absolute Gasteiger partial charge is 0.211 e. The van der Waals surface area contributed by atoms with E-state index in [-0.39, 0.29) is 30.0 Å². The van der Waals surface area contributed by atoms with Crippen molar-refractivity contribution in [2.75, 3.05) is 32.9 Å². The first-order valence-electron chi connectivity index (χ1n) is 8.39. The molecule has 1 aromatic rings. The fourth-order valence-electron chi connectivity index (χ4n) is 3.07. The summed E-state index contributed by atoms with van der Waals surface area (Å²) in [6.07, 6.45) is 5.08. The summed E-state index contributed by atoms with van der Waals surface area (Å²) in [5.74, 6) is 0.805. The van der Waals surface area contributed by atoms with Crippen LogP contribution in [0.15, 0.2) is 23.3 Å². The number of guanidine groups is 1. The van der Waals surface area contributed by atoms with Crippen molar-refractivity contribution in [1.82, 2.24) is 19.1 Å². The van der Waals surface area contributed by atoms with Gasteiger partial charge in [0.1, 0.15) is 0 Å². The van der Waals surface area contributed by atoms with E-state index in [0.29, 0.717) is 13.1 Å². The van der Waals surface area contributed by atoms with Gasteiger partial charge in [0.05, 0.1) is 19.3 Å². The first-order valence-corrected chi connectivity index (χ1v) is 10.2. The van der Waals surface area contributed by atoms with Crippen molar-refractivity contribution >= 4 is 40.0 Å². The molecule has 0 aliphatic carbocycles. The summed E-state index contributed by atoms with van der Waals surface area (Å²) in [7, 11) is 0.869. The number of aryl methyl sites for hydroxylation is 1. The highest BCUT2D eigenvalue weighted by Gasteiger charge is 2.31. The van der Waals surface area contributed by atoms with E-state index in [9.17, 15) is 8.42 Å². The molecule has 0 bridgehead atoms. The molecular weight excluding hydrogens is 453 g/mol. The number of hydrogen-bond acceptors (Lipinski definition) is 3. The SMILES string of the molecule is CCNC(=NC[C@H]1CCCN1S(C)(=O)=O)N(C)Cc1cccn1C.I. The first-order chi connectivity index (χ1) is 11.3. The third kappa shape index (κ3) is 6.14. The van der Waals surface area contributed by atoms with Gasteiger partial charge >= 0.3 is 0 Å². The number of nitrogens with one attached hydrogen (secondary N) is 1. The maximum absolute atomic E-state index is 11.8. The second-order valence-electron chi connectivity index (χ2n) is 6.33. The van der Waals surface area contributed by atoms with Crippen LogP contribution in [0.25, 0.3) is 0 Å². The molecular formula is C16H30IN5O2S. The summed E-state index contributed by atoms with van der Waals surface area (Å²) in [5.41, 5.74) is 1.20. The molecule has 1 atom stereocenters. The van der Waals surface area contributed by atoms with E-state index in [4.69, 9.17) is 0 Å². The Bertz CT molecular complexity index is 674. The van der Waals surface area contributed by atoms with E-state index in [1.165, 1.54) is 11.9 Å². The summed E-state index contributed by atoms with van der Waals surface area (Å²) in [6, 6.07) is 4.08. The normalized spacial score (nSPS) is 18.9. The lowest BCUT2D eigenvalue weighted by Crippen LogP contribution is -2.41. The van der Waals surface area contributed by atoms with Gasteiger partial charge in [-0.2, -0.15) is 4.31 Å². The van der Waals surface area contributed by atoms with Gasteiger partial charge in [-0.1, -0.05) is 0 Å². The zero-order chi connectivity index (χ0) is 17.7. The zero-order valence-corrected chi connectivity index (χ0v) is 18.6. The van der Waals surface area contributed by atoms with E-state index >= 15 is 0 Å². The predicted octanol–water partition coefficient (Wildman–Crippen LogP) is 1.46. The zero-order valence-electron chi connectivity index (χ0n) is 15.5. The Morgan fingerprint density at radius 1 is 1.48 bits per heavy atom. The summed E-state index contributed by atoms with van der Waals surface area (Å²) >= 11 is 0. The van der Waals surface area contributed by atoms with Crippen LogP contribution in [-0.4, -0.2) is 67.1 Å². The van der Waals surface area contributed by atoms with Gasteiger partial charge in [-0.3, -0.25) is 4.99 Å². The molecule has 2 heterocycles. The number of sulfonamides is 1. The third-order valence-electron chi connectivity index (χ3n) is 4.35. The summed E-state index contributed by atoms with van der Waals surface area (Å²) in [4.78, 5) is 6.75. The highest BCUT2D eigenvalue weighted by Crippen LogP contribution is 2.20. The summed E-state index contributed by atoms with van der Waals surface area (Å²) in [6.45, 7) is 4.65. The highest BCUT2D eigenvalue weighted by atomic mass is 127. The molecule has 1 aromatic heterocycles. The van der Waals surface area contributed by atoms with Gasteiger partial charge in [0.2, 0.25) is 10.0 Å². The molecule has 0 saturated carbocycles. The maximum atomic E-state index is 11.8. The molecule has 144 valence electrons. The molecule has 0 unspecified atom stereocenters. The second-order valence-corrected chi connectivity index (χ2v) is 8.27. The average Bonchev–Trinajstić information content (AvgIpc) is 3.12. The van der Waals surface area contributed by atoms with Crippen LogP contribution in [0.5, 0.6) is 0 Å². The van der Waals surface area contributed by atoms with E-state index in [2.05, 4.69) is 25.8 Å². The van der Waals surface area contributed by atoms with Gasteiger partial charge < -0.3 is 14.8 Å². The molecule has 25 heavy (non-hydrogen) atoms. The van der Waals surface area contributed by atoms with Crippen LogP contribution < -0.4 is 5.32 Å². The van der Waals surface area contributed by atoms with Crippen LogP contribution in [0.4, 0.5) is 0 Å². The maximum Gasteiger partial charge on any atom is 0.211 e. The molecule has 1 N–H and O–H groups in total. The van der Waals surface area contributed by atoms with Crippen molar-refractivity contribution < 1.29 is 8.42 Å². The van der Waals surface area contributed by atoms with E-state index in [1.807, 2.05) is 33.3 Å². The Morgan fingerprint density at radius 3 is 2.76 bits per heavy atom. The minimum Gasteiger partial charge on any atom is -0.357 e. The van der Waals surface area contributed by atoms with Crippen LogP contribution in [0.2, 0.25) is 0 Å². The van der Waals surface area contributed by atoms with Gasteiger partial charge in [-0.05, 0) is 31.9 Å². The Hall–Kier alpha value is -0.810. The standard InChI is InChI=1S/C16H29N5O2S.HI/c1-5-17-16(20(3)13-15-9-6-10-19(15)2)18-12-14-8-7-11-21(14)24(4,22)23;/h6,9-10,14H,5,7-8,11-13H2,1-4H3,(H,17,18);1H/t14-;/m1./s1. The summed E-state index contributed by atoms with van der Waals surface area (Å²) in [5, 5.41) is 3.29. The van der Waals surface area contributed by atoms with Crippen molar-refractivity contribution in [3.8, 4) is 0 Å². The molecule has 1 aliphatic rings. The van der Waals surface area contributed by atoms with Crippen LogP contribution in [-0.2, 0) is 23.6 Å². The van der Waals surface area contributed by atoms with Crippen molar-refractivity contribution in [2.24, 2.45) is 12.0 Å². The Kier molecular flexibility index (Phi) is 8.69. The van der Waals surface area contributed by atoms with Gasteiger partial charge in [0, 0.05) is 45.1 Å². The average molecular weight is 483 g/mol. The quantitative estimate of drug-likeness (QED) is 0.378. The number of aromatic nitrogens is 1. The van der Waals surface area contributed by atoms with Gasteiger partial charge in [-0.25, -0.2) is 8.42 Å². The van der Waals surface area contributed by atoms with E-state index in [0.717, 1.165) is 31.9 Å². The first kappa shape index (κ1) is 22.2. The Morgan fingerprint density at radius 2 is 2.20 bits per heavy atom. The molecule has 1 saturated heterocycles. The van der Waals surface area contributed by atoms with Crippen molar-refractivity contribution in [2.45, 2.75) is 32.4 Å². The molecule has 2 rings (SSSR count). The van der Waals surface area contributed by atoms with Crippen LogP contribution in [0, 0.1) is 0 Å². The Balaban J connectivity index is 0.00000312. The summed E-state index contributed by atoms with van der Waals surface area (Å²) < 4.78 is 27.4. The Labute approximate surface area is 168 Å². The van der Waals surface area contributed by atoms with Crippen molar-refractivity contribution in [3.63, 3.8) is 0 Å². The van der Waals surface area contributed by atoms with Crippen LogP contribution >= 0.6 is 24.0 Å². The topological polar surface area (TPSA) is 69.9 Å². The van der Waals surface area contributed by atoms with Crippen molar-refractivity contribution in [3.05, 3.63) is 24.0 Å². The molecule has 1 aliphatic heterocycles. The van der Waals surface area contributed by atoms with Crippen LogP contribution in [0.1, 0.15) is 25.5 Å². The van der Waals surface area contributed by atoms with Gasteiger partial charge in [0.15, 0.2) is 5.96 Å². The second kappa shape index (κ2) is 9.77. The molecule has 1 fully saturated rings. The van der Waals surface area contributed by atoms with Gasteiger partial charge in [0.25, 0.3) is 0 Å². The monoisotopic (exact) mass is 483 g/mol. The van der Waals surface area contributed by atoms with E-state index < -0.39 is 10.0 Å². The number of rotatable bonds is 6. The number of hydrogen-bond donors (Lipinski definition) is 1. The molecule has 0 radical (unpaired) electrons. The molecule has 0 aromatic carbocycles. The largest absolute Gasteiger partial charge is 0.357 e. The molecule has 0 spiro atoms. The number of nitrogens with zero attached hydrogens (tertiary/aromatic N) is 4. The fraction of sp³-hybridized carbons (Fsp3) is 0.688.